The maximum atomic E-state index is 13.9. The van der Waals surface area contributed by atoms with Gasteiger partial charge in [-0.25, -0.2) is 18.2 Å². The quantitative estimate of drug-likeness (QED) is 0.292. The lowest BCUT2D eigenvalue weighted by molar-refractivity contribution is -0.113. The summed E-state index contributed by atoms with van der Waals surface area (Å²) >= 11 is 2.45. The molecule has 4 rings (SSSR count). The van der Waals surface area contributed by atoms with Crippen molar-refractivity contribution in [1.82, 2.24) is 9.55 Å². The Bertz CT molecular complexity index is 1270. The number of aromatic nitrogens is 2. The van der Waals surface area contributed by atoms with E-state index in [1.54, 1.807) is 4.57 Å². The van der Waals surface area contributed by atoms with Crippen LogP contribution in [-0.2, 0) is 22.5 Å². The molecule has 11 heteroatoms. The lowest BCUT2D eigenvalue weighted by atomic mass is 10.1. The summed E-state index contributed by atoms with van der Waals surface area (Å²) in [7, 11) is 0. The van der Waals surface area contributed by atoms with Crippen LogP contribution in [0.2, 0.25) is 0 Å². The zero-order chi connectivity index (χ0) is 23.7. The Balaban J connectivity index is 1.61. The van der Waals surface area contributed by atoms with Crippen molar-refractivity contribution in [2.24, 2.45) is 0 Å². The molecule has 3 heterocycles. The Kier molecular flexibility index (Phi) is 7.10. The van der Waals surface area contributed by atoms with Crippen molar-refractivity contribution in [1.29, 1.82) is 0 Å². The second-order valence-corrected chi connectivity index (χ2v) is 9.82. The second kappa shape index (κ2) is 9.86. The second-order valence-electron chi connectivity index (χ2n) is 7.68. The van der Waals surface area contributed by atoms with Crippen molar-refractivity contribution >= 4 is 44.9 Å². The van der Waals surface area contributed by atoms with Gasteiger partial charge in [-0.2, -0.15) is 0 Å². The molecule has 33 heavy (non-hydrogen) atoms. The molecule has 6 nitrogen and oxygen atoms in total. The standard InChI is InChI=1S/C22H22F3N3O3S2/c1-3-13-11(2)33-20-17(13)21(30)28(9-12-5-4-8-31-12)22(27-20)32-10-16(29)26-15-7-6-14(23)18(24)19(15)25/h6-7,12H,3-5,8-10H2,1-2H3,(H,26,29). The summed E-state index contributed by atoms with van der Waals surface area (Å²) in [5.41, 5.74) is 0.337. The predicted octanol–water partition coefficient (Wildman–Crippen LogP) is 4.66. The minimum absolute atomic E-state index is 0.115. The summed E-state index contributed by atoms with van der Waals surface area (Å²) in [5, 5.41) is 3.18. The lowest BCUT2D eigenvalue weighted by Crippen LogP contribution is -2.29. The molecule has 1 aliphatic rings. The lowest BCUT2D eigenvalue weighted by Gasteiger charge is -2.16. The van der Waals surface area contributed by atoms with Gasteiger partial charge in [0.1, 0.15) is 4.83 Å². The number of hydrogen-bond donors (Lipinski definition) is 1. The first-order valence-electron chi connectivity index (χ1n) is 10.5. The van der Waals surface area contributed by atoms with Gasteiger partial charge in [-0.1, -0.05) is 18.7 Å². The number of nitrogens with one attached hydrogen (secondary N) is 1. The van der Waals surface area contributed by atoms with Gasteiger partial charge in [0.25, 0.3) is 5.56 Å². The van der Waals surface area contributed by atoms with Crippen LogP contribution in [0.4, 0.5) is 18.9 Å². The first-order chi connectivity index (χ1) is 15.8. The number of anilines is 1. The number of thiophene rings is 1. The number of rotatable bonds is 7. The van der Waals surface area contributed by atoms with Crippen LogP contribution in [0.3, 0.4) is 0 Å². The van der Waals surface area contributed by atoms with Crippen molar-refractivity contribution in [3.8, 4) is 0 Å². The molecule has 3 aromatic rings. The van der Waals surface area contributed by atoms with Crippen LogP contribution in [0.25, 0.3) is 10.2 Å². The summed E-state index contributed by atoms with van der Waals surface area (Å²) in [4.78, 5) is 32.1. The minimum atomic E-state index is -1.65. The van der Waals surface area contributed by atoms with Gasteiger partial charge in [-0.15, -0.1) is 11.3 Å². The van der Waals surface area contributed by atoms with Gasteiger partial charge < -0.3 is 10.1 Å². The highest BCUT2D eigenvalue weighted by Gasteiger charge is 2.23. The van der Waals surface area contributed by atoms with E-state index in [2.05, 4.69) is 10.3 Å². The highest BCUT2D eigenvalue weighted by atomic mass is 32.2. The molecule has 1 N–H and O–H groups in total. The third-order valence-corrected chi connectivity index (χ3v) is 7.50. The van der Waals surface area contributed by atoms with E-state index < -0.39 is 29.0 Å². The predicted molar refractivity (Wildman–Crippen MR) is 123 cm³/mol. The molecule has 1 saturated heterocycles. The summed E-state index contributed by atoms with van der Waals surface area (Å²) in [6.07, 6.45) is 2.33. The number of thioether (sulfide) groups is 1. The number of amides is 1. The van der Waals surface area contributed by atoms with Gasteiger partial charge in [0, 0.05) is 11.5 Å². The van der Waals surface area contributed by atoms with E-state index >= 15 is 0 Å². The first-order valence-corrected chi connectivity index (χ1v) is 12.3. The zero-order valence-corrected chi connectivity index (χ0v) is 19.7. The van der Waals surface area contributed by atoms with E-state index in [0.29, 0.717) is 34.9 Å². The zero-order valence-electron chi connectivity index (χ0n) is 18.0. The number of ether oxygens (including phenoxy) is 1. The molecule has 0 aliphatic carbocycles. The number of benzene rings is 1. The summed E-state index contributed by atoms with van der Waals surface area (Å²) in [6.45, 7) is 4.90. The molecule has 0 spiro atoms. The Morgan fingerprint density at radius 2 is 2.12 bits per heavy atom. The van der Waals surface area contributed by atoms with Gasteiger partial charge in [-0.3, -0.25) is 14.2 Å². The van der Waals surface area contributed by atoms with E-state index in [-0.39, 0.29) is 17.4 Å². The number of aryl methyl sites for hydroxylation is 2. The van der Waals surface area contributed by atoms with Crippen molar-refractivity contribution in [3.63, 3.8) is 0 Å². The maximum absolute atomic E-state index is 13.9. The Morgan fingerprint density at radius 3 is 2.82 bits per heavy atom. The summed E-state index contributed by atoms with van der Waals surface area (Å²) in [6, 6.07) is 1.69. The highest BCUT2D eigenvalue weighted by Crippen LogP contribution is 2.30. The molecular formula is C22H22F3N3O3S2. The van der Waals surface area contributed by atoms with Crippen LogP contribution in [0, 0.1) is 24.4 Å². The van der Waals surface area contributed by atoms with Gasteiger partial charge in [-0.05, 0) is 43.9 Å². The van der Waals surface area contributed by atoms with Gasteiger partial charge in [0.15, 0.2) is 22.6 Å². The molecule has 0 radical (unpaired) electrons. The molecule has 2 aromatic heterocycles. The van der Waals surface area contributed by atoms with Gasteiger partial charge in [0.05, 0.1) is 29.5 Å². The van der Waals surface area contributed by atoms with Crippen LogP contribution in [-0.4, -0.2) is 33.9 Å². The fraction of sp³-hybridized carbons (Fsp3) is 0.409. The van der Waals surface area contributed by atoms with E-state index in [0.717, 1.165) is 47.2 Å². The number of carbonyl (C=O) groups is 1. The number of carbonyl (C=O) groups excluding carboxylic acids is 1. The highest BCUT2D eigenvalue weighted by molar-refractivity contribution is 7.99. The molecular weight excluding hydrogens is 475 g/mol. The van der Waals surface area contributed by atoms with Crippen LogP contribution in [0.15, 0.2) is 22.1 Å². The van der Waals surface area contributed by atoms with E-state index in [9.17, 15) is 22.8 Å². The smallest absolute Gasteiger partial charge is 0.263 e. The molecule has 1 unspecified atom stereocenters. The molecule has 1 fully saturated rings. The Hall–Kier alpha value is -2.37. The number of hydrogen-bond acceptors (Lipinski definition) is 6. The van der Waals surface area contributed by atoms with E-state index in [1.807, 2.05) is 13.8 Å². The topological polar surface area (TPSA) is 73.2 Å². The molecule has 0 saturated carbocycles. The fourth-order valence-corrected chi connectivity index (χ4v) is 5.82. The first kappa shape index (κ1) is 23.8. The Labute approximate surface area is 196 Å². The molecule has 1 aromatic carbocycles. The normalized spacial score (nSPS) is 16.0. The van der Waals surface area contributed by atoms with Crippen molar-refractivity contribution in [2.45, 2.75) is 50.9 Å². The van der Waals surface area contributed by atoms with Crippen LogP contribution >= 0.6 is 23.1 Å². The van der Waals surface area contributed by atoms with Crippen LogP contribution in [0.5, 0.6) is 0 Å². The molecule has 176 valence electrons. The van der Waals surface area contributed by atoms with Crippen molar-refractivity contribution < 1.29 is 22.7 Å². The molecule has 1 atom stereocenters. The van der Waals surface area contributed by atoms with Gasteiger partial charge >= 0.3 is 0 Å². The van der Waals surface area contributed by atoms with E-state index in [4.69, 9.17) is 4.74 Å². The summed E-state index contributed by atoms with van der Waals surface area (Å²) < 4.78 is 47.7. The molecule has 0 bridgehead atoms. The molecule has 1 aliphatic heterocycles. The average molecular weight is 498 g/mol. The van der Waals surface area contributed by atoms with E-state index in [1.165, 1.54) is 11.3 Å². The number of halogens is 3. The van der Waals surface area contributed by atoms with Gasteiger partial charge in [0.2, 0.25) is 5.91 Å². The SMILES string of the molecule is CCc1c(C)sc2nc(SCC(=O)Nc3ccc(F)c(F)c3F)n(CC3CCCO3)c(=O)c12. The van der Waals surface area contributed by atoms with Crippen LogP contribution < -0.4 is 10.9 Å². The Morgan fingerprint density at radius 1 is 1.33 bits per heavy atom. The third-order valence-electron chi connectivity index (χ3n) is 5.48. The fourth-order valence-electron chi connectivity index (χ4n) is 3.86. The average Bonchev–Trinajstić information content (AvgIpc) is 3.41. The number of nitrogens with zero attached hydrogens (tertiary/aromatic N) is 2. The summed E-state index contributed by atoms with van der Waals surface area (Å²) in [5.74, 6) is -5.30. The maximum Gasteiger partial charge on any atom is 0.263 e. The van der Waals surface area contributed by atoms with Crippen molar-refractivity contribution in [3.05, 3.63) is 50.4 Å². The minimum Gasteiger partial charge on any atom is -0.376 e. The monoisotopic (exact) mass is 497 g/mol. The third kappa shape index (κ3) is 4.80. The van der Waals surface area contributed by atoms with Crippen molar-refractivity contribution in [2.75, 3.05) is 17.7 Å². The molecule has 1 amide bonds. The van der Waals surface area contributed by atoms with Crippen LogP contribution in [0.1, 0.15) is 30.2 Å². The number of fused-ring (bicyclic) bond motifs is 1. The largest absolute Gasteiger partial charge is 0.376 e.